The Kier molecular flexibility index (Phi) is 25.3. The minimum atomic E-state index is -2.04. The van der Waals surface area contributed by atoms with E-state index in [1.54, 1.807) is 12.2 Å². The van der Waals surface area contributed by atoms with Crippen LogP contribution in [0.15, 0.2) is 97.7 Å². The van der Waals surface area contributed by atoms with Crippen LogP contribution >= 0.6 is 0 Å². The molecule has 29 nitrogen and oxygen atoms in total. The Morgan fingerprint density at radius 3 is 1.86 bits per heavy atom. The van der Waals surface area contributed by atoms with Crippen molar-refractivity contribution < 1.29 is 76.5 Å². The van der Waals surface area contributed by atoms with E-state index in [-0.39, 0.29) is 74.2 Å². The maximum atomic E-state index is 15.0. The molecule has 5 heterocycles. The monoisotopic (exact) mass is 1330 g/mol. The van der Waals surface area contributed by atoms with Crippen LogP contribution in [-0.4, -0.2) is 181 Å². The molecule has 8 rings (SSSR count). The van der Waals surface area contributed by atoms with Crippen molar-refractivity contribution in [2.24, 2.45) is 11.5 Å². The number of aromatic nitrogens is 4. The molecule has 96 heavy (non-hydrogen) atoms. The van der Waals surface area contributed by atoms with Crippen molar-refractivity contribution in [3.05, 3.63) is 132 Å². The Balaban J connectivity index is 1.16. The number of amides is 10. The van der Waals surface area contributed by atoms with E-state index in [1.165, 1.54) is 91.3 Å². The van der Waals surface area contributed by atoms with Crippen LogP contribution in [-0.2, 0) is 83.2 Å². The molecule has 0 saturated carbocycles. The molecule has 0 spiro atoms. The van der Waals surface area contributed by atoms with Gasteiger partial charge in [0.2, 0.25) is 59.1 Å². The summed E-state index contributed by atoms with van der Waals surface area (Å²) in [5, 5.41) is 41.6. The highest BCUT2D eigenvalue weighted by Crippen LogP contribution is 2.26. The SMILES string of the molecule is CC(=O)N[C@H]1CCCC/C=C/CO[C@@H]2CCN(C(=O)[C@H](Cc3ccc(O)cc3)NC(=O)[C@H](Cc3cnc[nH]3)NC(=O)[C@H](CC(=O)O)NC(=O)[C@H](Cc3c[nH]c4ccc(F)cc34)NC(=O)[C@H](Cc3c[nH]c4ccc(F)cc34)NC(=O)CNC(=O)[C@H](CCCCN)NC1=O)[C@@H]2C(N)=O. The number of fused-ring (bicyclic) bond motifs is 4. The van der Waals surface area contributed by atoms with Gasteiger partial charge in [0.05, 0.1) is 32.0 Å². The molecular weight excluding hydrogens is 1250 g/mol. The Hall–Kier alpha value is -10.6. The number of aliphatic carboxylic acids is 1. The lowest BCUT2D eigenvalue weighted by molar-refractivity contribution is -0.143. The average Bonchev–Trinajstić information content (AvgIpc) is 1.64. The maximum Gasteiger partial charge on any atom is 0.305 e. The highest BCUT2D eigenvalue weighted by molar-refractivity contribution is 6.00. The fourth-order valence-corrected chi connectivity index (χ4v) is 11.6. The molecule has 3 aromatic carbocycles. The van der Waals surface area contributed by atoms with Crippen LogP contribution in [0.25, 0.3) is 21.8 Å². The number of benzene rings is 3. The van der Waals surface area contributed by atoms with Gasteiger partial charge in [-0.15, -0.1) is 0 Å². The second-order valence-corrected chi connectivity index (χ2v) is 23.6. The fraction of sp³-hybridized carbons (Fsp3) is 0.415. The summed E-state index contributed by atoms with van der Waals surface area (Å²) >= 11 is 0. The summed E-state index contributed by atoms with van der Waals surface area (Å²) in [6, 6.07) is 0.854. The highest BCUT2D eigenvalue weighted by atomic mass is 19.1. The van der Waals surface area contributed by atoms with Gasteiger partial charge in [-0.05, 0) is 117 Å². The number of allylic oxidation sites excluding steroid dienone is 1. The smallest absolute Gasteiger partial charge is 0.305 e. The van der Waals surface area contributed by atoms with Crippen LogP contribution in [0.1, 0.15) is 87.1 Å². The van der Waals surface area contributed by atoms with Crippen molar-refractivity contribution >= 4 is 86.8 Å². The van der Waals surface area contributed by atoms with E-state index >= 15 is 4.79 Å². The van der Waals surface area contributed by atoms with Gasteiger partial charge in [0.25, 0.3) is 0 Å². The van der Waals surface area contributed by atoms with E-state index in [9.17, 15) is 66.9 Å². The molecule has 0 unspecified atom stereocenters. The predicted molar refractivity (Wildman–Crippen MR) is 342 cm³/mol. The second kappa shape index (κ2) is 34.0. The van der Waals surface area contributed by atoms with Crippen LogP contribution in [0, 0.1) is 11.6 Å². The third-order valence-corrected chi connectivity index (χ3v) is 16.5. The first-order valence-corrected chi connectivity index (χ1v) is 31.4. The van der Waals surface area contributed by atoms with Gasteiger partial charge in [-0.25, -0.2) is 13.8 Å². The molecule has 2 aliphatic heterocycles. The molecule has 0 radical (unpaired) electrons. The molecular formula is C65H79F2N15O14. The molecule has 2 aliphatic rings. The number of carboxylic acid groups (broad SMARTS) is 1. The zero-order valence-electron chi connectivity index (χ0n) is 52.6. The summed E-state index contributed by atoms with van der Waals surface area (Å²) < 4.78 is 35.8. The lowest BCUT2D eigenvalue weighted by atomic mass is 10.0. The quantitative estimate of drug-likeness (QED) is 0.0460. The van der Waals surface area contributed by atoms with Gasteiger partial charge in [-0.3, -0.25) is 52.7 Å². The average molecular weight is 1330 g/mol. The minimum Gasteiger partial charge on any atom is -0.508 e. The number of nitrogens with two attached hydrogens (primary N) is 2. The third-order valence-electron chi connectivity index (χ3n) is 16.5. The van der Waals surface area contributed by atoms with Crippen LogP contribution in [0.5, 0.6) is 5.75 Å². The van der Waals surface area contributed by atoms with Crippen molar-refractivity contribution in [2.45, 2.75) is 145 Å². The summed E-state index contributed by atoms with van der Waals surface area (Å²) in [6.45, 7) is 0.599. The first-order chi connectivity index (χ1) is 46.0. The van der Waals surface area contributed by atoms with Gasteiger partial charge >= 0.3 is 5.97 Å². The fourth-order valence-electron chi connectivity index (χ4n) is 11.6. The number of imidazole rings is 1. The molecule has 512 valence electrons. The summed E-state index contributed by atoms with van der Waals surface area (Å²) in [5.41, 5.74) is 13.8. The van der Waals surface area contributed by atoms with E-state index in [2.05, 4.69) is 62.5 Å². The van der Waals surface area contributed by atoms with E-state index in [1.807, 2.05) is 0 Å². The number of phenols is 1. The number of aromatic hydroxyl groups is 1. The number of carboxylic acids is 1. The minimum absolute atomic E-state index is 0.0246. The molecule has 1 fully saturated rings. The number of ether oxygens (including phenoxy) is 1. The highest BCUT2D eigenvalue weighted by Gasteiger charge is 2.44. The number of aromatic amines is 3. The van der Waals surface area contributed by atoms with Crippen LogP contribution in [0.3, 0.4) is 0 Å². The van der Waals surface area contributed by atoms with Gasteiger partial charge in [0.15, 0.2) is 0 Å². The van der Waals surface area contributed by atoms with Gasteiger partial charge in [-0.2, -0.15) is 0 Å². The topological polar surface area (TPSA) is 449 Å². The molecule has 10 amide bonds. The Bertz CT molecular complexity index is 3800. The molecule has 3 aromatic heterocycles. The van der Waals surface area contributed by atoms with E-state index in [4.69, 9.17) is 16.2 Å². The van der Waals surface area contributed by atoms with Crippen molar-refractivity contribution in [3.63, 3.8) is 0 Å². The van der Waals surface area contributed by atoms with Crippen LogP contribution in [0.2, 0.25) is 0 Å². The molecule has 1 saturated heterocycles. The number of rotatable bonds is 16. The number of hydrogen-bond donors (Lipinski definition) is 15. The number of carbonyl (C=O) groups is 11. The van der Waals surface area contributed by atoms with Crippen molar-refractivity contribution in [3.8, 4) is 5.75 Å². The lowest BCUT2D eigenvalue weighted by Crippen LogP contribution is -2.61. The number of primary amides is 1. The Morgan fingerprint density at radius 1 is 0.677 bits per heavy atom. The van der Waals surface area contributed by atoms with Gasteiger partial charge in [0.1, 0.15) is 65.7 Å². The summed E-state index contributed by atoms with van der Waals surface area (Å²) in [7, 11) is 0. The van der Waals surface area contributed by atoms with Gasteiger partial charge in [-0.1, -0.05) is 30.7 Å². The second-order valence-electron chi connectivity index (χ2n) is 23.6. The van der Waals surface area contributed by atoms with Crippen LogP contribution in [0.4, 0.5) is 8.78 Å². The van der Waals surface area contributed by atoms with Crippen LogP contribution < -0.4 is 54.0 Å². The molecule has 6 aromatic rings. The Morgan fingerprint density at radius 2 is 1.27 bits per heavy atom. The first-order valence-electron chi connectivity index (χ1n) is 31.4. The third kappa shape index (κ3) is 20.0. The maximum absolute atomic E-state index is 15.0. The number of unbranched alkanes of at least 4 members (excludes halogenated alkanes) is 1. The van der Waals surface area contributed by atoms with Crippen molar-refractivity contribution in [1.29, 1.82) is 0 Å². The predicted octanol–water partition coefficient (Wildman–Crippen LogP) is 0.362. The van der Waals surface area contributed by atoms with Gasteiger partial charge < -0.3 is 88.8 Å². The van der Waals surface area contributed by atoms with Crippen molar-refractivity contribution in [1.82, 2.24) is 67.4 Å². The van der Waals surface area contributed by atoms with E-state index < -0.39 is 157 Å². The molecule has 31 heteroatoms. The zero-order chi connectivity index (χ0) is 69.0. The summed E-state index contributed by atoms with van der Waals surface area (Å²) in [6.07, 6.45) is 7.99. The zero-order valence-corrected chi connectivity index (χ0v) is 52.6. The lowest BCUT2D eigenvalue weighted by Gasteiger charge is -2.31. The standard InChI is InChI=1S/C65H79F2N15O14/c1-35(83)75-48-9-5-3-2-4-8-22-96-54-19-21-82(57(54)58(69)88)65(95)53(23-36-11-15-42(84)16-12-36)81-63(93)51(28-41-32-70-34-74-41)79-64(94)52(29-56(86)87)80-62(92)50(25-38-31-72-46-18-14-40(67)27-44(38)46)78-61(91)49(24-37-30-71-45-17-13-39(66)26-43(37)45)76-55(85)33-73-59(89)47(77-60(48)90)10-6-7-20-68/h4,8,11-18,26-27,30-32,34,47-54,57,71-72,84H,2-3,5-7,9-10,19-25,28-29,33,68H2,1H3,(H2,69,88)(H,70,74)(H,73,89)(H,75,83)(H,76,85)(H,77,90)(H,78,91)(H,79,94)(H,80,92)(H,81,93)(H,86,87)/b8-4+/t47-,48-,49-,50-,51-,52-,53-,54+,57-/m0/s1. The van der Waals surface area contributed by atoms with Crippen molar-refractivity contribution in [2.75, 3.05) is 26.2 Å². The number of H-pyrrole nitrogens is 3. The van der Waals surface area contributed by atoms with Gasteiger partial charge in [0, 0.05) is 85.2 Å². The van der Waals surface area contributed by atoms with E-state index in [0.717, 1.165) is 6.07 Å². The number of halogens is 2. The molecule has 0 aliphatic carbocycles. The normalized spacial score (nSPS) is 23.3. The number of carbonyl (C=O) groups excluding carboxylic acids is 10. The van der Waals surface area contributed by atoms with E-state index in [0.29, 0.717) is 59.7 Å². The largest absolute Gasteiger partial charge is 0.508 e. The Labute approximate surface area is 548 Å². The summed E-state index contributed by atoms with van der Waals surface area (Å²) in [5.74, 6) is -12.3. The number of hydrogen-bond acceptors (Lipinski definition) is 15. The molecule has 9 atom stereocenters. The first kappa shape index (κ1) is 71.3. The number of phenolic OH excluding ortho intramolecular Hbond substituents is 1. The molecule has 2 bridgehead atoms. The number of nitrogens with zero attached hydrogens (tertiary/aromatic N) is 2. The summed E-state index contributed by atoms with van der Waals surface area (Å²) in [4.78, 5) is 169. The molecule has 17 N–H and O–H groups in total. The number of nitrogens with one attached hydrogen (secondary N) is 11.